The Morgan fingerprint density at radius 3 is 2.61 bits per heavy atom. The second-order valence-corrected chi connectivity index (χ2v) is 4.84. The van der Waals surface area contributed by atoms with Crippen LogP contribution < -0.4 is 10.6 Å². The van der Waals surface area contributed by atoms with Gasteiger partial charge in [0.25, 0.3) is 0 Å². The molecule has 1 rings (SSSR count). The molecule has 100 valence electrons. The number of hydrogen-bond acceptors (Lipinski definition) is 3. The summed E-state index contributed by atoms with van der Waals surface area (Å²) in [5, 5.41) is 6.01. The largest absolute Gasteiger partial charge is 0.326 e. The van der Waals surface area contributed by atoms with Crippen molar-refractivity contribution in [2.75, 3.05) is 33.0 Å². The number of amides is 1. The maximum atomic E-state index is 12.0. The molecule has 0 aliphatic carbocycles. The van der Waals surface area contributed by atoms with Gasteiger partial charge in [0.2, 0.25) is 5.91 Å². The highest BCUT2D eigenvalue weighted by Crippen LogP contribution is 2.17. The van der Waals surface area contributed by atoms with E-state index in [-0.39, 0.29) is 11.8 Å². The third kappa shape index (κ3) is 4.47. The van der Waals surface area contributed by atoms with Gasteiger partial charge in [-0.3, -0.25) is 4.79 Å². The molecule has 1 amide bonds. The van der Waals surface area contributed by atoms with Crippen molar-refractivity contribution in [2.24, 2.45) is 5.92 Å². The Kier molecular flexibility index (Phi) is 5.82. The molecule has 0 radical (unpaired) electrons. The van der Waals surface area contributed by atoms with Crippen molar-refractivity contribution in [1.29, 1.82) is 0 Å². The molecule has 2 N–H and O–H groups in total. The van der Waals surface area contributed by atoms with Crippen molar-refractivity contribution in [2.45, 2.75) is 13.5 Å². The summed E-state index contributed by atoms with van der Waals surface area (Å²) < 4.78 is 0. The van der Waals surface area contributed by atoms with E-state index in [0.717, 1.165) is 17.8 Å². The highest BCUT2D eigenvalue weighted by Gasteiger charge is 2.13. The fourth-order valence-electron chi connectivity index (χ4n) is 1.78. The van der Waals surface area contributed by atoms with Crippen molar-refractivity contribution in [3.63, 3.8) is 0 Å². The Morgan fingerprint density at radius 1 is 1.33 bits per heavy atom. The molecule has 0 saturated heterocycles. The van der Waals surface area contributed by atoms with Crippen molar-refractivity contribution >= 4 is 11.6 Å². The first kappa shape index (κ1) is 14.7. The molecule has 0 bridgehead atoms. The van der Waals surface area contributed by atoms with Gasteiger partial charge in [-0.05, 0) is 32.8 Å². The van der Waals surface area contributed by atoms with E-state index in [1.165, 1.54) is 0 Å². The lowest BCUT2D eigenvalue weighted by atomic mass is 10.1. The van der Waals surface area contributed by atoms with Gasteiger partial charge < -0.3 is 15.5 Å². The molecule has 4 heteroatoms. The molecule has 1 aromatic rings. The summed E-state index contributed by atoms with van der Waals surface area (Å²) in [7, 11) is 5.88. The van der Waals surface area contributed by atoms with Crippen molar-refractivity contribution in [3.8, 4) is 0 Å². The third-order valence-electron chi connectivity index (χ3n) is 2.72. The van der Waals surface area contributed by atoms with Gasteiger partial charge in [-0.25, -0.2) is 0 Å². The van der Waals surface area contributed by atoms with E-state index in [1.807, 2.05) is 52.3 Å². The second kappa shape index (κ2) is 7.13. The van der Waals surface area contributed by atoms with E-state index in [0.29, 0.717) is 6.54 Å². The zero-order chi connectivity index (χ0) is 13.5. The minimum absolute atomic E-state index is 0.0394. The normalized spacial score (nSPS) is 12.5. The molecule has 0 aromatic heterocycles. The highest BCUT2D eigenvalue weighted by molar-refractivity contribution is 5.93. The first-order chi connectivity index (χ1) is 8.54. The van der Waals surface area contributed by atoms with Crippen LogP contribution in [0.4, 0.5) is 5.69 Å². The van der Waals surface area contributed by atoms with Crippen LogP contribution in [0.3, 0.4) is 0 Å². The Morgan fingerprint density at radius 2 is 2.00 bits per heavy atom. The topological polar surface area (TPSA) is 44.4 Å². The van der Waals surface area contributed by atoms with Gasteiger partial charge in [0.1, 0.15) is 0 Å². The average molecular weight is 249 g/mol. The Labute approximate surface area is 109 Å². The number of anilines is 1. The molecular formula is C14H23N3O. The minimum Gasteiger partial charge on any atom is -0.326 e. The minimum atomic E-state index is -0.0394. The number of nitrogens with one attached hydrogen (secondary N) is 2. The van der Waals surface area contributed by atoms with Crippen LogP contribution in [0.15, 0.2) is 24.3 Å². The van der Waals surface area contributed by atoms with Gasteiger partial charge in [0.05, 0.1) is 0 Å². The maximum Gasteiger partial charge on any atom is 0.228 e. The lowest BCUT2D eigenvalue weighted by Crippen LogP contribution is -2.29. The summed E-state index contributed by atoms with van der Waals surface area (Å²) in [5.74, 6) is 0.0120. The number of hydrogen-bond donors (Lipinski definition) is 2. The molecule has 0 aliphatic rings. The van der Waals surface area contributed by atoms with Gasteiger partial charge in [0.15, 0.2) is 0 Å². The fraction of sp³-hybridized carbons (Fsp3) is 0.500. The van der Waals surface area contributed by atoms with Gasteiger partial charge in [0, 0.05) is 24.7 Å². The smallest absolute Gasteiger partial charge is 0.228 e. The van der Waals surface area contributed by atoms with E-state index in [2.05, 4.69) is 15.5 Å². The van der Waals surface area contributed by atoms with Gasteiger partial charge in [-0.15, -0.1) is 0 Å². The molecule has 18 heavy (non-hydrogen) atoms. The first-order valence-electron chi connectivity index (χ1n) is 6.22. The second-order valence-electron chi connectivity index (χ2n) is 4.84. The highest BCUT2D eigenvalue weighted by atomic mass is 16.1. The fourth-order valence-corrected chi connectivity index (χ4v) is 1.78. The van der Waals surface area contributed by atoms with E-state index in [4.69, 9.17) is 0 Å². The number of benzene rings is 1. The predicted octanol–water partition coefficient (Wildman–Crippen LogP) is 1.54. The van der Waals surface area contributed by atoms with E-state index in [9.17, 15) is 4.79 Å². The monoisotopic (exact) mass is 249 g/mol. The predicted molar refractivity (Wildman–Crippen MR) is 75.6 cm³/mol. The SMILES string of the molecule is CNCC(C)C(=O)Nc1ccccc1CN(C)C. The van der Waals surface area contributed by atoms with E-state index >= 15 is 0 Å². The molecule has 0 aliphatic heterocycles. The van der Waals surface area contributed by atoms with E-state index < -0.39 is 0 Å². The molecular weight excluding hydrogens is 226 g/mol. The number of rotatable bonds is 6. The lowest BCUT2D eigenvalue weighted by molar-refractivity contribution is -0.119. The average Bonchev–Trinajstić information content (AvgIpc) is 2.31. The molecule has 1 aromatic carbocycles. The number of carbonyl (C=O) groups is 1. The van der Waals surface area contributed by atoms with Crippen LogP contribution in [-0.2, 0) is 11.3 Å². The van der Waals surface area contributed by atoms with E-state index in [1.54, 1.807) is 0 Å². The maximum absolute atomic E-state index is 12.0. The molecule has 1 atom stereocenters. The molecule has 0 spiro atoms. The molecule has 1 unspecified atom stereocenters. The summed E-state index contributed by atoms with van der Waals surface area (Å²) >= 11 is 0. The van der Waals surface area contributed by atoms with Crippen LogP contribution in [-0.4, -0.2) is 38.5 Å². The van der Waals surface area contributed by atoms with Crippen LogP contribution >= 0.6 is 0 Å². The summed E-state index contributed by atoms with van der Waals surface area (Å²) in [6.45, 7) is 3.42. The Hall–Kier alpha value is -1.39. The number of carbonyl (C=O) groups excluding carboxylic acids is 1. The van der Waals surface area contributed by atoms with Crippen LogP contribution in [0.1, 0.15) is 12.5 Å². The van der Waals surface area contributed by atoms with Gasteiger partial charge in [-0.1, -0.05) is 25.1 Å². The molecule has 0 saturated carbocycles. The first-order valence-corrected chi connectivity index (χ1v) is 6.22. The van der Waals surface area contributed by atoms with Crippen molar-refractivity contribution in [1.82, 2.24) is 10.2 Å². The third-order valence-corrected chi connectivity index (χ3v) is 2.72. The number of para-hydroxylation sites is 1. The summed E-state index contributed by atoms with van der Waals surface area (Å²) in [6.07, 6.45) is 0. The molecule has 4 nitrogen and oxygen atoms in total. The van der Waals surface area contributed by atoms with Gasteiger partial charge in [-0.2, -0.15) is 0 Å². The number of nitrogens with zero attached hydrogens (tertiary/aromatic N) is 1. The Bertz CT molecular complexity index is 390. The van der Waals surface area contributed by atoms with Crippen LogP contribution in [0.25, 0.3) is 0 Å². The summed E-state index contributed by atoms with van der Waals surface area (Å²) in [6, 6.07) is 7.92. The standard InChI is InChI=1S/C14H23N3O/c1-11(9-15-2)14(18)16-13-8-6-5-7-12(13)10-17(3)4/h5-8,11,15H,9-10H2,1-4H3,(H,16,18). The Balaban J connectivity index is 2.74. The van der Waals surface area contributed by atoms with Gasteiger partial charge >= 0.3 is 0 Å². The van der Waals surface area contributed by atoms with Crippen LogP contribution in [0.2, 0.25) is 0 Å². The van der Waals surface area contributed by atoms with Crippen LogP contribution in [0.5, 0.6) is 0 Å². The van der Waals surface area contributed by atoms with Crippen molar-refractivity contribution < 1.29 is 4.79 Å². The zero-order valence-electron chi connectivity index (χ0n) is 11.7. The van der Waals surface area contributed by atoms with Crippen LogP contribution in [0, 0.1) is 5.92 Å². The molecule has 0 heterocycles. The quantitative estimate of drug-likeness (QED) is 0.804. The summed E-state index contributed by atoms with van der Waals surface area (Å²) in [4.78, 5) is 14.1. The molecule has 0 fully saturated rings. The lowest BCUT2D eigenvalue weighted by Gasteiger charge is -2.17. The zero-order valence-corrected chi connectivity index (χ0v) is 11.7. The summed E-state index contributed by atoms with van der Waals surface area (Å²) in [5.41, 5.74) is 2.03. The van der Waals surface area contributed by atoms with Crippen molar-refractivity contribution in [3.05, 3.63) is 29.8 Å².